The van der Waals surface area contributed by atoms with Crippen molar-refractivity contribution in [2.45, 2.75) is 46.0 Å². The Labute approximate surface area is 170 Å². The quantitative estimate of drug-likeness (QED) is 0.656. The number of fused-ring (bicyclic) bond motifs is 1. The lowest BCUT2D eigenvalue weighted by atomic mass is 9.84. The number of methoxy groups -OCH3 is 1. The molecule has 5 nitrogen and oxygen atoms in total. The fourth-order valence-corrected chi connectivity index (χ4v) is 5.10. The van der Waals surface area contributed by atoms with Gasteiger partial charge in [0.1, 0.15) is 10.8 Å². The second-order valence-corrected chi connectivity index (χ2v) is 8.12. The first-order valence-corrected chi connectivity index (χ1v) is 10.7. The van der Waals surface area contributed by atoms with Crippen LogP contribution in [0.5, 0.6) is 5.75 Å². The second-order valence-electron chi connectivity index (χ2n) is 7.01. The molecule has 0 bridgehead atoms. The molecule has 150 valence electrons. The van der Waals surface area contributed by atoms with Crippen molar-refractivity contribution in [1.29, 1.82) is 0 Å². The van der Waals surface area contributed by atoms with Crippen molar-refractivity contribution >= 4 is 28.2 Å². The number of anilines is 1. The normalized spacial score (nSPS) is 15.6. The number of benzene rings is 1. The molecule has 1 atom stereocenters. The Morgan fingerprint density at radius 1 is 1.29 bits per heavy atom. The van der Waals surface area contributed by atoms with Crippen LogP contribution in [0.25, 0.3) is 0 Å². The fraction of sp³-hybridized carbons (Fsp3) is 0.455. The van der Waals surface area contributed by atoms with Crippen molar-refractivity contribution in [3.05, 3.63) is 45.8 Å². The first-order chi connectivity index (χ1) is 13.6. The molecule has 0 saturated carbocycles. The summed E-state index contributed by atoms with van der Waals surface area (Å²) in [4.78, 5) is 26.6. The van der Waals surface area contributed by atoms with Gasteiger partial charge in [0.15, 0.2) is 0 Å². The van der Waals surface area contributed by atoms with E-state index < -0.39 is 0 Å². The Kier molecular flexibility index (Phi) is 6.73. The maximum absolute atomic E-state index is 12.8. The van der Waals surface area contributed by atoms with Crippen LogP contribution < -0.4 is 10.1 Å². The highest BCUT2D eigenvalue weighted by Crippen LogP contribution is 2.41. The van der Waals surface area contributed by atoms with Gasteiger partial charge in [-0.1, -0.05) is 25.8 Å². The Morgan fingerprint density at radius 3 is 2.82 bits per heavy atom. The van der Waals surface area contributed by atoms with Crippen molar-refractivity contribution in [1.82, 2.24) is 0 Å². The molecule has 0 radical (unpaired) electrons. The molecule has 28 heavy (non-hydrogen) atoms. The summed E-state index contributed by atoms with van der Waals surface area (Å²) in [6, 6.07) is 6.98. The Hall–Kier alpha value is -2.34. The molecular weight excluding hydrogens is 374 g/mol. The number of rotatable bonds is 7. The van der Waals surface area contributed by atoms with E-state index in [-0.39, 0.29) is 11.9 Å². The van der Waals surface area contributed by atoms with E-state index in [2.05, 4.69) is 12.2 Å². The van der Waals surface area contributed by atoms with Gasteiger partial charge in [0.25, 0.3) is 5.91 Å². The predicted octanol–water partition coefficient (Wildman–Crippen LogP) is 5.09. The molecule has 6 heteroatoms. The van der Waals surface area contributed by atoms with Gasteiger partial charge in [0, 0.05) is 10.4 Å². The number of hydrogen-bond acceptors (Lipinski definition) is 5. The molecule has 0 aliphatic heterocycles. The van der Waals surface area contributed by atoms with E-state index in [0.717, 1.165) is 31.2 Å². The molecule has 1 amide bonds. The molecule has 2 aromatic rings. The van der Waals surface area contributed by atoms with Crippen LogP contribution in [0.15, 0.2) is 24.3 Å². The van der Waals surface area contributed by atoms with Gasteiger partial charge >= 0.3 is 5.97 Å². The van der Waals surface area contributed by atoms with Crippen LogP contribution in [0.3, 0.4) is 0 Å². The summed E-state index contributed by atoms with van der Waals surface area (Å²) in [6.45, 7) is 4.31. The van der Waals surface area contributed by atoms with Crippen LogP contribution in [0.4, 0.5) is 5.00 Å². The summed E-state index contributed by atoms with van der Waals surface area (Å²) in [6.07, 6.45) is 5.26. The van der Waals surface area contributed by atoms with Crippen molar-refractivity contribution in [2.75, 3.05) is 19.0 Å². The van der Waals surface area contributed by atoms with Gasteiger partial charge in [-0.05, 0) is 55.9 Å². The average Bonchev–Trinajstić information content (AvgIpc) is 3.05. The third-order valence-corrected chi connectivity index (χ3v) is 6.27. The SMILES string of the molecule is CCC[C@H]1CCc2c(sc(NC(=O)c3cccc(OC)c3)c2C(=O)OCC)C1. The third kappa shape index (κ3) is 4.38. The van der Waals surface area contributed by atoms with E-state index in [1.54, 1.807) is 38.3 Å². The molecule has 1 aliphatic carbocycles. The predicted molar refractivity (Wildman–Crippen MR) is 112 cm³/mol. The molecule has 0 fully saturated rings. The van der Waals surface area contributed by atoms with Gasteiger partial charge in [-0.25, -0.2) is 4.79 Å². The molecule has 1 aromatic heterocycles. The highest BCUT2D eigenvalue weighted by atomic mass is 32.1. The summed E-state index contributed by atoms with van der Waals surface area (Å²) in [5.74, 6) is 0.655. The van der Waals surface area contributed by atoms with Gasteiger partial charge in [0.2, 0.25) is 0 Å². The summed E-state index contributed by atoms with van der Waals surface area (Å²) < 4.78 is 10.5. The monoisotopic (exact) mass is 401 g/mol. The van der Waals surface area contributed by atoms with E-state index in [0.29, 0.717) is 34.4 Å². The zero-order valence-corrected chi connectivity index (χ0v) is 17.5. The van der Waals surface area contributed by atoms with Crippen molar-refractivity contribution < 1.29 is 19.1 Å². The molecule has 0 saturated heterocycles. The van der Waals surface area contributed by atoms with E-state index in [4.69, 9.17) is 9.47 Å². The smallest absolute Gasteiger partial charge is 0.341 e. The number of ether oxygens (including phenoxy) is 2. The highest BCUT2D eigenvalue weighted by molar-refractivity contribution is 7.17. The number of carbonyl (C=O) groups is 2. The minimum absolute atomic E-state index is 0.256. The average molecular weight is 402 g/mol. The van der Waals surface area contributed by atoms with Crippen LogP contribution in [-0.4, -0.2) is 25.6 Å². The maximum atomic E-state index is 12.8. The van der Waals surface area contributed by atoms with Gasteiger partial charge in [-0.2, -0.15) is 0 Å². The Bertz CT molecular complexity index is 858. The number of esters is 1. The first kappa shape index (κ1) is 20.4. The Balaban J connectivity index is 1.91. The number of nitrogens with one attached hydrogen (secondary N) is 1. The third-order valence-electron chi connectivity index (χ3n) is 5.10. The summed E-state index contributed by atoms with van der Waals surface area (Å²) in [5.41, 5.74) is 2.08. The van der Waals surface area contributed by atoms with Gasteiger partial charge in [-0.3, -0.25) is 4.79 Å². The van der Waals surface area contributed by atoms with E-state index >= 15 is 0 Å². The molecule has 0 unspecified atom stereocenters. The summed E-state index contributed by atoms with van der Waals surface area (Å²) in [7, 11) is 1.57. The minimum atomic E-state index is -0.352. The first-order valence-electron chi connectivity index (χ1n) is 9.84. The Morgan fingerprint density at radius 2 is 2.11 bits per heavy atom. The molecule has 3 rings (SSSR count). The van der Waals surface area contributed by atoms with Crippen LogP contribution in [0, 0.1) is 5.92 Å². The zero-order chi connectivity index (χ0) is 20.1. The van der Waals surface area contributed by atoms with Gasteiger partial charge in [-0.15, -0.1) is 11.3 Å². The standard InChI is InChI=1S/C22H27NO4S/c1-4-7-14-10-11-17-18(12-14)28-21(19(17)22(25)27-5-2)23-20(24)15-8-6-9-16(13-15)26-3/h6,8-9,13-14H,4-5,7,10-12H2,1-3H3,(H,23,24)/t14-/m0/s1. The number of carbonyl (C=O) groups excluding carboxylic acids is 2. The van der Waals surface area contributed by atoms with Crippen LogP contribution >= 0.6 is 11.3 Å². The summed E-state index contributed by atoms with van der Waals surface area (Å²) >= 11 is 1.51. The van der Waals surface area contributed by atoms with Gasteiger partial charge in [0.05, 0.1) is 19.3 Å². The second kappa shape index (κ2) is 9.24. The van der Waals surface area contributed by atoms with E-state index in [1.807, 2.05) is 0 Å². The molecular formula is C22H27NO4S. The number of hydrogen-bond donors (Lipinski definition) is 1. The summed E-state index contributed by atoms with van der Waals surface area (Å²) in [5, 5.41) is 3.54. The molecule has 1 N–H and O–H groups in total. The van der Waals surface area contributed by atoms with E-state index in [1.165, 1.54) is 22.6 Å². The fourth-order valence-electron chi connectivity index (χ4n) is 3.76. The highest BCUT2D eigenvalue weighted by Gasteiger charge is 2.30. The molecule has 1 heterocycles. The molecule has 1 aromatic carbocycles. The number of amides is 1. The van der Waals surface area contributed by atoms with Gasteiger partial charge < -0.3 is 14.8 Å². The van der Waals surface area contributed by atoms with Crippen molar-refractivity contribution in [3.8, 4) is 5.75 Å². The maximum Gasteiger partial charge on any atom is 0.341 e. The largest absolute Gasteiger partial charge is 0.497 e. The van der Waals surface area contributed by atoms with E-state index in [9.17, 15) is 9.59 Å². The topological polar surface area (TPSA) is 64.6 Å². The zero-order valence-electron chi connectivity index (χ0n) is 16.7. The lowest BCUT2D eigenvalue weighted by Crippen LogP contribution is -2.17. The lowest BCUT2D eigenvalue weighted by Gasteiger charge is -2.21. The van der Waals surface area contributed by atoms with Crippen molar-refractivity contribution in [3.63, 3.8) is 0 Å². The van der Waals surface area contributed by atoms with Crippen LogP contribution in [-0.2, 0) is 17.6 Å². The number of thiophene rings is 1. The molecule has 1 aliphatic rings. The minimum Gasteiger partial charge on any atom is -0.497 e. The lowest BCUT2D eigenvalue weighted by molar-refractivity contribution is 0.0526. The van der Waals surface area contributed by atoms with Crippen LogP contribution in [0.2, 0.25) is 0 Å². The van der Waals surface area contributed by atoms with Crippen LogP contribution in [0.1, 0.15) is 64.3 Å². The molecule has 0 spiro atoms. The van der Waals surface area contributed by atoms with Crippen molar-refractivity contribution in [2.24, 2.45) is 5.92 Å².